The zero-order valence-corrected chi connectivity index (χ0v) is 20.7. The van der Waals surface area contributed by atoms with Crippen molar-refractivity contribution in [3.05, 3.63) is 102 Å². The molecule has 0 unspecified atom stereocenters. The van der Waals surface area contributed by atoms with Crippen LogP contribution in [0.3, 0.4) is 0 Å². The Bertz CT molecular complexity index is 1540. The second-order valence-corrected chi connectivity index (χ2v) is 10.0. The number of aromatic nitrogens is 4. The summed E-state index contributed by atoms with van der Waals surface area (Å²) in [5.41, 5.74) is 2.94. The molecule has 7 rings (SSSR count). The zero-order chi connectivity index (χ0) is 25.7. The first-order valence-corrected chi connectivity index (χ1v) is 12.9. The number of benzene rings is 2. The summed E-state index contributed by atoms with van der Waals surface area (Å²) in [4.78, 5) is 36.3. The van der Waals surface area contributed by atoms with E-state index in [9.17, 15) is 9.59 Å². The SMILES string of the molecule is O=C(c1cccnc1)N1CC[C@@]23C(=O)N(Cc4cn(nn4)CCCOc4cccc(c4)[C@H]12)c1ccccc13. The summed E-state index contributed by atoms with van der Waals surface area (Å²) in [7, 11) is 0. The van der Waals surface area contributed by atoms with Crippen molar-refractivity contribution in [1.82, 2.24) is 24.9 Å². The van der Waals surface area contributed by atoms with Crippen LogP contribution in [0.1, 0.15) is 46.1 Å². The number of aryl methyl sites for hydroxylation is 1. The first-order valence-electron chi connectivity index (χ1n) is 12.9. The van der Waals surface area contributed by atoms with Gasteiger partial charge in [0.15, 0.2) is 0 Å². The highest BCUT2D eigenvalue weighted by Crippen LogP contribution is 2.57. The lowest BCUT2D eigenvalue weighted by atomic mass is 9.72. The van der Waals surface area contributed by atoms with Crippen molar-refractivity contribution in [2.45, 2.75) is 37.4 Å². The fraction of sp³-hybridized carbons (Fsp3) is 0.276. The summed E-state index contributed by atoms with van der Waals surface area (Å²) < 4.78 is 7.90. The number of likely N-dealkylation sites (tertiary alicyclic amines) is 1. The lowest BCUT2D eigenvalue weighted by Gasteiger charge is -2.35. The number of carbonyl (C=O) groups is 2. The van der Waals surface area contributed by atoms with Crippen LogP contribution in [0.15, 0.2) is 79.3 Å². The Labute approximate surface area is 219 Å². The van der Waals surface area contributed by atoms with Crippen molar-refractivity contribution < 1.29 is 14.3 Å². The van der Waals surface area contributed by atoms with Gasteiger partial charge in [-0.05, 0) is 47.9 Å². The molecule has 5 heterocycles. The molecule has 2 amide bonds. The first-order chi connectivity index (χ1) is 18.6. The van der Waals surface area contributed by atoms with E-state index in [1.165, 1.54) is 0 Å². The summed E-state index contributed by atoms with van der Waals surface area (Å²) >= 11 is 0. The van der Waals surface area contributed by atoms with E-state index < -0.39 is 11.5 Å². The highest BCUT2D eigenvalue weighted by atomic mass is 16.5. The number of hydrogen-bond acceptors (Lipinski definition) is 6. The molecule has 0 N–H and O–H groups in total. The maximum Gasteiger partial charge on any atom is 0.255 e. The molecule has 0 aliphatic carbocycles. The van der Waals surface area contributed by atoms with Gasteiger partial charge < -0.3 is 14.5 Å². The third kappa shape index (κ3) is 3.42. The van der Waals surface area contributed by atoms with Crippen molar-refractivity contribution in [3.63, 3.8) is 0 Å². The average Bonchev–Trinajstić information content (AvgIpc) is 3.64. The molecule has 1 saturated heterocycles. The molecule has 6 bridgehead atoms. The predicted octanol–water partition coefficient (Wildman–Crippen LogP) is 3.53. The second-order valence-electron chi connectivity index (χ2n) is 10.0. The van der Waals surface area contributed by atoms with Gasteiger partial charge in [-0.25, -0.2) is 0 Å². The molecule has 38 heavy (non-hydrogen) atoms. The lowest BCUT2D eigenvalue weighted by Crippen LogP contribution is -2.45. The van der Waals surface area contributed by atoms with Crippen molar-refractivity contribution >= 4 is 17.5 Å². The van der Waals surface area contributed by atoms with Gasteiger partial charge in [0.1, 0.15) is 16.9 Å². The topological polar surface area (TPSA) is 93.5 Å². The molecule has 3 aliphatic heterocycles. The Hall–Kier alpha value is -4.53. The normalized spacial score (nSPS) is 22.2. The smallest absolute Gasteiger partial charge is 0.255 e. The van der Waals surface area contributed by atoms with Crippen LogP contribution in [0.5, 0.6) is 5.75 Å². The van der Waals surface area contributed by atoms with Crippen molar-refractivity contribution in [2.24, 2.45) is 0 Å². The fourth-order valence-corrected chi connectivity index (χ4v) is 6.25. The van der Waals surface area contributed by atoms with E-state index in [4.69, 9.17) is 4.74 Å². The number of pyridine rings is 1. The molecule has 1 fully saturated rings. The summed E-state index contributed by atoms with van der Waals surface area (Å²) in [5, 5.41) is 8.61. The number of ether oxygens (including phenoxy) is 1. The van der Waals surface area contributed by atoms with Crippen LogP contribution >= 0.6 is 0 Å². The van der Waals surface area contributed by atoms with Crippen molar-refractivity contribution in [2.75, 3.05) is 18.1 Å². The molecule has 2 atom stereocenters. The Morgan fingerprint density at radius 2 is 1.97 bits per heavy atom. The molecule has 9 heteroatoms. The summed E-state index contributed by atoms with van der Waals surface area (Å²) in [6.45, 7) is 1.93. The lowest BCUT2D eigenvalue weighted by molar-refractivity contribution is -0.124. The zero-order valence-electron chi connectivity index (χ0n) is 20.7. The van der Waals surface area contributed by atoms with E-state index in [1.807, 2.05) is 64.5 Å². The van der Waals surface area contributed by atoms with Gasteiger partial charge in [0, 0.05) is 37.6 Å². The van der Waals surface area contributed by atoms with Gasteiger partial charge >= 0.3 is 0 Å². The van der Waals surface area contributed by atoms with E-state index in [1.54, 1.807) is 29.2 Å². The maximum atomic E-state index is 14.6. The van der Waals surface area contributed by atoms with Crippen LogP contribution in [0.25, 0.3) is 0 Å². The molecule has 3 aliphatic rings. The van der Waals surface area contributed by atoms with Crippen molar-refractivity contribution in [1.29, 1.82) is 0 Å². The standard InChI is InChI=1S/C29H26N6O3/c36-27(21-7-4-12-30-17-21)34-14-11-29-24-9-1-2-10-25(24)35(28(29)37)19-22-18-33(32-31-22)13-5-15-38-23-8-3-6-20(16-23)26(29)34/h1-4,6-10,12,16-18,26H,5,11,13-15,19H2/t26-,29-/m0/s1. The van der Waals surface area contributed by atoms with Gasteiger partial charge in [-0.3, -0.25) is 19.3 Å². The largest absolute Gasteiger partial charge is 0.494 e. The average molecular weight is 507 g/mol. The third-order valence-corrected chi connectivity index (χ3v) is 7.88. The van der Waals surface area contributed by atoms with Crippen LogP contribution in [-0.2, 0) is 23.3 Å². The van der Waals surface area contributed by atoms with Gasteiger partial charge in [-0.1, -0.05) is 35.5 Å². The van der Waals surface area contributed by atoms with Crippen molar-refractivity contribution in [3.8, 4) is 5.75 Å². The molecular weight excluding hydrogens is 480 g/mol. The minimum Gasteiger partial charge on any atom is -0.494 e. The molecule has 2 aromatic heterocycles. The molecule has 2 aromatic carbocycles. The van der Waals surface area contributed by atoms with Crippen LogP contribution in [-0.4, -0.2) is 49.8 Å². The van der Waals surface area contributed by atoms with Crippen LogP contribution in [0, 0.1) is 0 Å². The van der Waals surface area contributed by atoms with E-state index >= 15 is 0 Å². The Morgan fingerprint density at radius 1 is 1.05 bits per heavy atom. The van der Waals surface area contributed by atoms with E-state index in [0.717, 1.165) is 28.9 Å². The number of nitrogens with zero attached hydrogens (tertiary/aromatic N) is 6. The summed E-state index contributed by atoms with van der Waals surface area (Å²) in [6, 6.07) is 18.8. The first kappa shape index (κ1) is 22.7. The predicted molar refractivity (Wildman–Crippen MR) is 139 cm³/mol. The molecule has 0 saturated carbocycles. The van der Waals surface area contributed by atoms with Crippen LogP contribution < -0.4 is 9.64 Å². The summed E-state index contributed by atoms with van der Waals surface area (Å²) in [5.74, 6) is 0.542. The highest BCUT2D eigenvalue weighted by molar-refractivity contribution is 6.10. The minimum absolute atomic E-state index is 0.0269. The van der Waals surface area contributed by atoms with Gasteiger partial charge in [0.05, 0.1) is 31.0 Å². The van der Waals surface area contributed by atoms with Gasteiger partial charge in [-0.2, -0.15) is 0 Å². The maximum absolute atomic E-state index is 14.6. The number of hydrogen-bond donors (Lipinski definition) is 0. The molecular formula is C29H26N6O3. The number of rotatable bonds is 1. The Kier molecular flexibility index (Phi) is 5.24. The Balaban J connectivity index is 1.43. The molecule has 1 spiro atoms. The molecule has 9 nitrogen and oxygen atoms in total. The van der Waals surface area contributed by atoms with Crippen LogP contribution in [0.2, 0.25) is 0 Å². The summed E-state index contributed by atoms with van der Waals surface area (Å²) in [6.07, 6.45) is 6.40. The monoisotopic (exact) mass is 506 g/mol. The van der Waals surface area contributed by atoms with E-state index in [2.05, 4.69) is 15.3 Å². The highest BCUT2D eigenvalue weighted by Gasteiger charge is 2.61. The fourth-order valence-electron chi connectivity index (χ4n) is 6.25. The molecule has 190 valence electrons. The third-order valence-electron chi connectivity index (χ3n) is 7.88. The number of para-hydroxylation sites is 1. The minimum atomic E-state index is -0.941. The number of carbonyl (C=O) groups excluding carboxylic acids is 2. The second kappa shape index (κ2) is 8.79. The Morgan fingerprint density at radius 3 is 2.87 bits per heavy atom. The molecule has 0 radical (unpaired) electrons. The van der Waals surface area contributed by atoms with Crippen LogP contribution in [0.4, 0.5) is 5.69 Å². The number of anilines is 1. The quantitative estimate of drug-likeness (QED) is 0.392. The van der Waals surface area contributed by atoms with E-state index in [0.29, 0.717) is 44.0 Å². The molecule has 4 aromatic rings. The van der Waals surface area contributed by atoms with Gasteiger partial charge in [0.2, 0.25) is 5.91 Å². The van der Waals surface area contributed by atoms with Gasteiger partial charge in [0.25, 0.3) is 5.91 Å². The number of amides is 2. The van der Waals surface area contributed by atoms with Gasteiger partial charge in [-0.15, -0.1) is 5.10 Å². The van der Waals surface area contributed by atoms with E-state index in [-0.39, 0.29) is 11.8 Å². The number of fused-ring (bicyclic) bond motifs is 8.